The molecule has 1 amide bonds. The topological polar surface area (TPSA) is 37.4 Å². The minimum absolute atomic E-state index is 0.0241. The van der Waals surface area contributed by atoms with Crippen molar-refractivity contribution < 1.29 is 18.4 Å². The highest BCUT2D eigenvalue weighted by Crippen LogP contribution is 2.36. The number of rotatable bonds is 2. The number of carbonyl (C=O) groups is 2. The first-order valence-corrected chi connectivity index (χ1v) is 6.45. The van der Waals surface area contributed by atoms with Crippen LogP contribution in [0.3, 0.4) is 0 Å². The van der Waals surface area contributed by atoms with Gasteiger partial charge in [-0.1, -0.05) is 17.7 Å². The third-order valence-electron chi connectivity index (χ3n) is 3.28. The minimum Gasteiger partial charge on any atom is -0.299 e. The predicted molar refractivity (Wildman–Crippen MR) is 73.3 cm³/mol. The van der Waals surface area contributed by atoms with E-state index in [0.29, 0.717) is 0 Å². The molecule has 0 aliphatic carbocycles. The Hall–Kier alpha value is -2.27. The first-order chi connectivity index (χ1) is 9.99. The van der Waals surface area contributed by atoms with E-state index in [1.54, 1.807) is 6.07 Å². The summed E-state index contributed by atoms with van der Waals surface area (Å²) in [4.78, 5) is 25.0. The summed E-state index contributed by atoms with van der Waals surface area (Å²) in [6, 6.07) is 7.50. The fraction of sp³-hybridized carbons (Fsp3) is 0.0667. The van der Waals surface area contributed by atoms with Crippen LogP contribution >= 0.6 is 11.6 Å². The molecule has 0 atom stereocenters. The number of fused-ring (bicyclic) bond motifs is 1. The average molecular weight is 308 g/mol. The van der Waals surface area contributed by atoms with E-state index >= 15 is 0 Å². The van der Waals surface area contributed by atoms with Crippen LogP contribution in [0.15, 0.2) is 36.4 Å². The Labute approximate surface area is 123 Å². The molecule has 0 radical (unpaired) electrons. The third-order valence-corrected chi connectivity index (χ3v) is 3.58. The molecule has 106 valence electrons. The Morgan fingerprint density at radius 2 is 1.86 bits per heavy atom. The number of para-hydroxylation sites is 1. The van der Waals surface area contributed by atoms with Gasteiger partial charge in [0.05, 0.1) is 22.8 Å². The number of hydrogen-bond acceptors (Lipinski definition) is 2. The highest BCUT2D eigenvalue weighted by Gasteiger charge is 2.37. The van der Waals surface area contributed by atoms with Crippen LogP contribution in [0.25, 0.3) is 0 Å². The van der Waals surface area contributed by atoms with Gasteiger partial charge in [0, 0.05) is 5.56 Å². The van der Waals surface area contributed by atoms with Gasteiger partial charge in [0.15, 0.2) is 0 Å². The molecule has 2 aromatic carbocycles. The van der Waals surface area contributed by atoms with Crippen LogP contribution in [0.2, 0.25) is 5.02 Å². The van der Waals surface area contributed by atoms with Gasteiger partial charge < -0.3 is 0 Å². The van der Waals surface area contributed by atoms with E-state index in [9.17, 15) is 18.4 Å². The molecule has 0 saturated heterocycles. The Bertz CT molecular complexity index is 776. The van der Waals surface area contributed by atoms with E-state index in [2.05, 4.69) is 0 Å². The van der Waals surface area contributed by atoms with Crippen molar-refractivity contribution in [2.75, 3.05) is 4.90 Å². The van der Waals surface area contributed by atoms with Crippen molar-refractivity contribution in [3.05, 3.63) is 64.2 Å². The Balaban J connectivity index is 2.06. The lowest BCUT2D eigenvalue weighted by Gasteiger charge is -2.18. The van der Waals surface area contributed by atoms with Gasteiger partial charge in [0.25, 0.3) is 11.7 Å². The van der Waals surface area contributed by atoms with Crippen LogP contribution in [0.1, 0.15) is 15.9 Å². The Morgan fingerprint density at radius 1 is 1.10 bits per heavy atom. The van der Waals surface area contributed by atoms with Gasteiger partial charge in [-0.15, -0.1) is 0 Å². The second kappa shape index (κ2) is 4.93. The van der Waals surface area contributed by atoms with Gasteiger partial charge in [0.2, 0.25) is 0 Å². The quantitative estimate of drug-likeness (QED) is 0.798. The summed E-state index contributed by atoms with van der Waals surface area (Å²) in [6.45, 7) is -0.259. The lowest BCUT2D eigenvalue weighted by molar-refractivity contribution is -0.114. The molecular formula is C15H8ClF2NO2. The van der Waals surface area contributed by atoms with Crippen LogP contribution in [-0.2, 0) is 11.3 Å². The largest absolute Gasteiger partial charge is 0.299 e. The van der Waals surface area contributed by atoms with E-state index in [1.807, 2.05) is 0 Å². The van der Waals surface area contributed by atoms with E-state index in [-0.39, 0.29) is 28.4 Å². The number of amides is 1. The maximum atomic E-state index is 13.7. The fourth-order valence-corrected chi connectivity index (χ4v) is 2.57. The lowest BCUT2D eigenvalue weighted by Crippen LogP contribution is -2.29. The molecule has 0 saturated carbocycles. The number of nitrogens with zero attached hydrogens (tertiary/aromatic N) is 1. The zero-order valence-electron chi connectivity index (χ0n) is 10.6. The third kappa shape index (κ3) is 2.19. The molecule has 21 heavy (non-hydrogen) atoms. The van der Waals surface area contributed by atoms with Crippen LogP contribution in [0.5, 0.6) is 0 Å². The normalized spacial score (nSPS) is 13.8. The maximum Gasteiger partial charge on any atom is 0.299 e. The second-order valence-electron chi connectivity index (χ2n) is 4.59. The van der Waals surface area contributed by atoms with E-state index in [1.165, 1.54) is 12.1 Å². The standard InChI is InChI=1S/C15H8ClF2NO2/c16-11-3-1-2-10-13(11)19(15(21)14(10)20)7-8-6-9(17)4-5-12(8)18/h1-6H,7H2. The lowest BCUT2D eigenvalue weighted by atomic mass is 10.1. The van der Waals surface area contributed by atoms with Gasteiger partial charge in [-0.25, -0.2) is 8.78 Å². The smallest absolute Gasteiger partial charge is 0.299 e. The summed E-state index contributed by atoms with van der Waals surface area (Å²) < 4.78 is 26.9. The zero-order valence-corrected chi connectivity index (χ0v) is 11.3. The SMILES string of the molecule is O=C1C(=O)N(Cc2cc(F)ccc2F)c2c(Cl)cccc21. The van der Waals surface area contributed by atoms with Crippen molar-refractivity contribution in [1.82, 2.24) is 0 Å². The number of Topliss-reactive ketones (excluding diaryl/α,β-unsaturated/α-hetero) is 1. The summed E-state index contributed by atoms with van der Waals surface area (Å²) in [6.07, 6.45) is 0. The number of halogens is 3. The van der Waals surface area contributed by atoms with Crippen LogP contribution in [0, 0.1) is 11.6 Å². The van der Waals surface area contributed by atoms with Gasteiger partial charge in [-0.2, -0.15) is 0 Å². The summed E-state index contributed by atoms with van der Waals surface area (Å²) in [5.41, 5.74) is 0.381. The van der Waals surface area contributed by atoms with Crippen molar-refractivity contribution in [2.24, 2.45) is 0 Å². The molecule has 2 aromatic rings. The maximum absolute atomic E-state index is 13.7. The average Bonchev–Trinajstić information content (AvgIpc) is 2.69. The molecule has 1 aliphatic rings. The van der Waals surface area contributed by atoms with E-state index in [0.717, 1.165) is 23.1 Å². The van der Waals surface area contributed by atoms with Crippen molar-refractivity contribution in [3.8, 4) is 0 Å². The summed E-state index contributed by atoms with van der Waals surface area (Å²) in [5.74, 6) is -2.79. The van der Waals surface area contributed by atoms with Crippen LogP contribution in [-0.4, -0.2) is 11.7 Å². The molecule has 0 aromatic heterocycles. The molecule has 0 fully saturated rings. The molecule has 0 N–H and O–H groups in total. The molecule has 0 spiro atoms. The molecule has 1 aliphatic heterocycles. The predicted octanol–water partition coefficient (Wildman–Crippen LogP) is 3.35. The number of benzene rings is 2. The van der Waals surface area contributed by atoms with Crippen molar-refractivity contribution in [3.63, 3.8) is 0 Å². The monoisotopic (exact) mass is 307 g/mol. The molecule has 0 unspecified atom stereocenters. The van der Waals surface area contributed by atoms with Gasteiger partial charge in [-0.05, 0) is 30.3 Å². The summed E-state index contributed by atoms with van der Waals surface area (Å²) in [7, 11) is 0. The number of ketones is 1. The van der Waals surface area contributed by atoms with Gasteiger partial charge in [0.1, 0.15) is 11.6 Å². The van der Waals surface area contributed by atoms with Gasteiger partial charge in [-0.3, -0.25) is 14.5 Å². The van der Waals surface area contributed by atoms with Crippen molar-refractivity contribution in [1.29, 1.82) is 0 Å². The first-order valence-electron chi connectivity index (χ1n) is 6.07. The Morgan fingerprint density at radius 3 is 2.62 bits per heavy atom. The molecule has 0 bridgehead atoms. The number of hydrogen-bond donors (Lipinski definition) is 0. The number of carbonyl (C=O) groups excluding carboxylic acids is 2. The second-order valence-corrected chi connectivity index (χ2v) is 5.00. The zero-order chi connectivity index (χ0) is 15.1. The van der Waals surface area contributed by atoms with E-state index in [4.69, 9.17) is 11.6 Å². The molecular weight excluding hydrogens is 300 g/mol. The van der Waals surface area contributed by atoms with Crippen molar-refractivity contribution >= 4 is 29.0 Å². The molecule has 3 nitrogen and oxygen atoms in total. The number of anilines is 1. The first kappa shape index (κ1) is 13.7. The van der Waals surface area contributed by atoms with Crippen LogP contribution in [0.4, 0.5) is 14.5 Å². The molecule has 3 rings (SSSR count). The van der Waals surface area contributed by atoms with E-state index < -0.39 is 23.3 Å². The molecule has 1 heterocycles. The highest BCUT2D eigenvalue weighted by atomic mass is 35.5. The van der Waals surface area contributed by atoms with Crippen molar-refractivity contribution in [2.45, 2.75) is 6.54 Å². The minimum atomic E-state index is -0.804. The van der Waals surface area contributed by atoms with Crippen LogP contribution < -0.4 is 4.90 Å². The van der Waals surface area contributed by atoms with Gasteiger partial charge >= 0.3 is 0 Å². The molecule has 6 heteroatoms. The highest BCUT2D eigenvalue weighted by molar-refractivity contribution is 6.54. The summed E-state index contributed by atoms with van der Waals surface area (Å²) in [5, 5.41) is 0.212. The summed E-state index contributed by atoms with van der Waals surface area (Å²) >= 11 is 6.02. The Kier molecular flexibility index (Phi) is 3.22. The fourth-order valence-electron chi connectivity index (χ4n) is 2.30.